The van der Waals surface area contributed by atoms with E-state index >= 15 is 0 Å². The zero-order valence-electron chi connectivity index (χ0n) is 16.2. The molecule has 7 nitrogen and oxygen atoms in total. The van der Waals surface area contributed by atoms with Gasteiger partial charge in [-0.3, -0.25) is 4.79 Å². The summed E-state index contributed by atoms with van der Waals surface area (Å²) in [5.74, 6) is 0.839. The van der Waals surface area contributed by atoms with Crippen molar-refractivity contribution >= 4 is 22.6 Å². The molecule has 1 amide bonds. The number of carbonyl (C=O) groups excluding carboxylic acids is 2. The van der Waals surface area contributed by atoms with Crippen LogP contribution < -0.4 is 19.5 Å². The molecule has 0 aromatic heterocycles. The number of ether oxygens (including phenoxy) is 4. The first-order chi connectivity index (χ1) is 14.7. The van der Waals surface area contributed by atoms with Gasteiger partial charge in [0.1, 0.15) is 18.5 Å². The van der Waals surface area contributed by atoms with Crippen molar-refractivity contribution < 1.29 is 28.5 Å². The largest absolute Gasteiger partial charge is 0.486 e. The number of hydrogen-bond donors (Lipinski definition) is 1. The average molecular weight is 407 g/mol. The van der Waals surface area contributed by atoms with E-state index < -0.39 is 11.9 Å². The highest BCUT2D eigenvalue weighted by atomic mass is 16.6. The molecule has 3 aromatic rings. The number of rotatable bonds is 7. The fourth-order valence-corrected chi connectivity index (χ4v) is 3.03. The van der Waals surface area contributed by atoms with Gasteiger partial charge in [0.15, 0.2) is 24.7 Å². The van der Waals surface area contributed by atoms with E-state index in [0.29, 0.717) is 23.9 Å². The van der Waals surface area contributed by atoms with Crippen LogP contribution in [0.25, 0.3) is 10.8 Å². The highest BCUT2D eigenvalue weighted by Crippen LogP contribution is 2.30. The molecule has 3 aromatic carbocycles. The number of amides is 1. The molecule has 0 aliphatic carbocycles. The highest BCUT2D eigenvalue weighted by Gasteiger charge is 2.21. The monoisotopic (exact) mass is 407 g/mol. The Kier molecular flexibility index (Phi) is 5.98. The summed E-state index contributed by atoms with van der Waals surface area (Å²) < 4.78 is 21.8. The van der Waals surface area contributed by atoms with E-state index in [0.717, 1.165) is 10.8 Å². The molecule has 0 radical (unpaired) electrons. The lowest BCUT2D eigenvalue weighted by atomic mass is 10.1. The summed E-state index contributed by atoms with van der Waals surface area (Å²) in [7, 11) is 0. The predicted octanol–water partition coefficient (Wildman–Crippen LogP) is 2.72. The Hall–Kier alpha value is -3.74. The molecule has 0 saturated carbocycles. The summed E-state index contributed by atoms with van der Waals surface area (Å²) in [6.07, 6.45) is -0.309. The second kappa shape index (κ2) is 9.17. The number of nitrogens with one attached hydrogen (secondary N) is 1. The van der Waals surface area contributed by atoms with E-state index in [1.807, 2.05) is 54.6 Å². The minimum Gasteiger partial charge on any atom is -0.486 e. The summed E-state index contributed by atoms with van der Waals surface area (Å²) in [5.41, 5.74) is 0. The normalized spacial score (nSPS) is 14.7. The van der Waals surface area contributed by atoms with E-state index in [1.165, 1.54) is 0 Å². The molecular formula is C23H21NO6. The van der Waals surface area contributed by atoms with Gasteiger partial charge in [-0.05, 0) is 35.0 Å². The van der Waals surface area contributed by atoms with Gasteiger partial charge in [0.25, 0.3) is 5.91 Å². The van der Waals surface area contributed by atoms with Gasteiger partial charge in [-0.2, -0.15) is 0 Å². The Morgan fingerprint density at radius 1 is 0.933 bits per heavy atom. The van der Waals surface area contributed by atoms with Crippen LogP contribution in [0.2, 0.25) is 0 Å². The zero-order valence-corrected chi connectivity index (χ0v) is 16.2. The van der Waals surface area contributed by atoms with Crippen molar-refractivity contribution in [2.75, 3.05) is 26.4 Å². The van der Waals surface area contributed by atoms with Crippen molar-refractivity contribution in [2.45, 2.75) is 6.10 Å². The van der Waals surface area contributed by atoms with Crippen molar-refractivity contribution in [1.82, 2.24) is 5.32 Å². The standard InChI is InChI=1S/C23H21NO6/c25-22(24-12-19-13-28-20-7-3-4-8-21(20)30-19)14-29-23(26)15-27-18-10-9-16-5-1-2-6-17(16)11-18/h1-11,19H,12-15H2,(H,24,25)/t19-/m1/s1. The zero-order chi connectivity index (χ0) is 20.8. The SMILES string of the molecule is O=C(COC(=O)COc1ccc2ccccc2c1)NC[C@@H]1COc2ccccc2O1. The number of para-hydroxylation sites is 2. The Labute approximate surface area is 173 Å². The quantitative estimate of drug-likeness (QED) is 0.607. The van der Waals surface area contributed by atoms with Crippen LogP contribution in [0.1, 0.15) is 0 Å². The van der Waals surface area contributed by atoms with Gasteiger partial charge >= 0.3 is 5.97 Å². The lowest BCUT2D eigenvalue weighted by Crippen LogP contribution is -2.42. The molecule has 0 saturated heterocycles. The smallest absolute Gasteiger partial charge is 0.344 e. The first-order valence-electron chi connectivity index (χ1n) is 9.60. The summed E-state index contributed by atoms with van der Waals surface area (Å²) >= 11 is 0. The Morgan fingerprint density at radius 3 is 2.57 bits per heavy atom. The second-order valence-corrected chi connectivity index (χ2v) is 6.76. The molecule has 1 aliphatic rings. The number of esters is 1. The molecule has 0 unspecified atom stereocenters. The first kappa shape index (κ1) is 19.6. The third-order valence-electron chi connectivity index (χ3n) is 4.54. The van der Waals surface area contributed by atoms with Crippen LogP contribution in [0.15, 0.2) is 66.7 Å². The average Bonchev–Trinajstić information content (AvgIpc) is 2.79. The Balaban J connectivity index is 1.16. The van der Waals surface area contributed by atoms with Gasteiger partial charge in [0.05, 0.1) is 6.54 Å². The van der Waals surface area contributed by atoms with Crippen LogP contribution in [0.3, 0.4) is 0 Å². The fraction of sp³-hybridized carbons (Fsp3) is 0.217. The Bertz CT molecular complexity index is 1050. The van der Waals surface area contributed by atoms with Crippen LogP contribution in [0.4, 0.5) is 0 Å². The summed E-state index contributed by atoms with van der Waals surface area (Å²) in [6.45, 7) is -0.0823. The molecule has 0 spiro atoms. The van der Waals surface area contributed by atoms with Crippen molar-refractivity contribution in [3.05, 3.63) is 66.7 Å². The lowest BCUT2D eigenvalue weighted by molar-refractivity contribution is -0.150. The van der Waals surface area contributed by atoms with E-state index in [-0.39, 0.29) is 25.9 Å². The van der Waals surface area contributed by atoms with Crippen LogP contribution >= 0.6 is 0 Å². The molecule has 154 valence electrons. The molecule has 1 N–H and O–H groups in total. The number of hydrogen-bond acceptors (Lipinski definition) is 6. The van der Waals surface area contributed by atoms with Crippen molar-refractivity contribution in [1.29, 1.82) is 0 Å². The van der Waals surface area contributed by atoms with Crippen LogP contribution in [-0.2, 0) is 14.3 Å². The fourth-order valence-electron chi connectivity index (χ4n) is 3.03. The third kappa shape index (κ3) is 5.00. The van der Waals surface area contributed by atoms with Gasteiger partial charge in [-0.1, -0.05) is 42.5 Å². The third-order valence-corrected chi connectivity index (χ3v) is 4.54. The molecule has 7 heteroatoms. The molecule has 4 rings (SSSR count). The lowest BCUT2D eigenvalue weighted by Gasteiger charge is -2.26. The molecular weight excluding hydrogens is 386 g/mol. The first-order valence-corrected chi connectivity index (χ1v) is 9.60. The Morgan fingerprint density at radius 2 is 1.70 bits per heavy atom. The van der Waals surface area contributed by atoms with Crippen molar-refractivity contribution in [3.8, 4) is 17.2 Å². The molecule has 0 bridgehead atoms. The van der Waals surface area contributed by atoms with Gasteiger partial charge in [-0.15, -0.1) is 0 Å². The minimum atomic E-state index is -0.621. The van der Waals surface area contributed by atoms with Crippen LogP contribution in [-0.4, -0.2) is 44.3 Å². The van der Waals surface area contributed by atoms with Crippen LogP contribution in [0.5, 0.6) is 17.2 Å². The van der Waals surface area contributed by atoms with Crippen LogP contribution in [0, 0.1) is 0 Å². The van der Waals surface area contributed by atoms with Gasteiger partial charge in [-0.25, -0.2) is 4.79 Å². The van der Waals surface area contributed by atoms with Crippen molar-refractivity contribution in [3.63, 3.8) is 0 Å². The van der Waals surface area contributed by atoms with E-state index in [9.17, 15) is 9.59 Å². The maximum Gasteiger partial charge on any atom is 0.344 e. The predicted molar refractivity (Wildman–Crippen MR) is 110 cm³/mol. The maximum atomic E-state index is 11.9. The molecule has 1 atom stereocenters. The van der Waals surface area contributed by atoms with E-state index in [2.05, 4.69) is 5.32 Å². The minimum absolute atomic E-state index is 0.248. The van der Waals surface area contributed by atoms with Crippen molar-refractivity contribution in [2.24, 2.45) is 0 Å². The second-order valence-electron chi connectivity index (χ2n) is 6.76. The number of fused-ring (bicyclic) bond motifs is 2. The molecule has 30 heavy (non-hydrogen) atoms. The molecule has 1 aliphatic heterocycles. The highest BCUT2D eigenvalue weighted by molar-refractivity contribution is 5.84. The topological polar surface area (TPSA) is 83.1 Å². The summed E-state index contributed by atoms with van der Waals surface area (Å²) in [6, 6.07) is 20.7. The number of carbonyl (C=O) groups is 2. The van der Waals surface area contributed by atoms with E-state index in [4.69, 9.17) is 18.9 Å². The molecule has 0 fully saturated rings. The maximum absolute atomic E-state index is 11.9. The van der Waals surface area contributed by atoms with Gasteiger partial charge in [0.2, 0.25) is 0 Å². The molecule has 1 heterocycles. The van der Waals surface area contributed by atoms with Gasteiger partial charge < -0.3 is 24.3 Å². The number of benzene rings is 3. The van der Waals surface area contributed by atoms with E-state index in [1.54, 1.807) is 12.1 Å². The summed E-state index contributed by atoms with van der Waals surface area (Å²) in [4.78, 5) is 23.8. The summed E-state index contributed by atoms with van der Waals surface area (Å²) in [5, 5.41) is 4.77. The van der Waals surface area contributed by atoms with Gasteiger partial charge in [0, 0.05) is 0 Å².